The zero-order chi connectivity index (χ0) is 14.5. The van der Waals surface area contributed by atoms with Crippen molar-refractivity contribution >= 4 is 0 Å². The number of pyridine rings is 1. The Kier molecular flexibility index (Phi) is 5.35. The predicted molar refractivity (Wildman–Crippen MR) is 70.0 cm³/mol. The van der Waals surface area contributed by atoms with E-state index in [0.29, 0.717) is 13.0 Å². The van der Waals surface area contributed by atoms with Crippen molar-refractivity contribution in [2.24, 2.45) is 0 Å². The van der Waals surface area contributed by atoms with E-state index in [1.54, 1.807) is 0 Å². The number of rotatable bonds is 6. The number of hydrogen-bond donors (Lipinski definition) is 1. The van der Waals surface area contributed by atoms with Gasteiger partial charge in [0.25, 0.3) is 0 Å². The average Bonchev–Trinajstić information content (AvgIpc) is 2.34. The van der Waals surface area contributed by atoms with Gasteiger partial charge in [-0.25, -0.2) is 0 Å². The third-order valence-electron chi connectivity index (χ3n) is 3.21. The molecule has 1 aromatic heterocycles. The molecule has 2 nitrogen and oxygen atoms in total. The molecule has 1 aromatic rings. The molecule has 0 aliphatic heterocycles. The summed E-state index contributed by atoms with van der Waals surface area (Å²) in [6.07, 6.45) is -0.143. The van der Waals surface area contributed by atoms with Crippen LogP contribution >= 0.6 is 0 Å². The lowest BCUT2D eigenvalue weighted by molar-refractivity contribution is -0.138. The molecule has 0 saturated carbocycles. The fourth-order valence-electron chi connectivity index (χ4n) is 2.02. The summed E-state index contributed by atoms with van der Waals surface area (Å²) in [4.78, 5) is 3.85. The topological polar surface area (TPSA) is 24.9 Å². The first-order valence-corrected chi connectivity index (χ1v) is 6.51. The Balaban J connectivity index is 2.88. The monoisotopic (exact) mass is 274 g/mol. The van der Waals surface area contributed by atoms with Crippen LogP contribution in [0.15, 0.2) is 18.5 Å². The van der Waals surface area contributed by atoms with Gasteiger partial charge in [-0.05, 0) is 43.0 Å². The summed E-state index contributed by atoms with van der Waals surface area (Å²) in [5, 5.41) is 3.22. The largest absolute Gasteiger partial charge is 0.416 e. The molecule has 1 heterocycles. The van der Waals surface area contributed by atoms with Crippen LogP contribution in [0, 0.1) is 0 Å². The molecule has 19 heavy (non-hydrogen) atoms. The minimum atomic E-state index is -4.33. The fraction of sp³-hybridized carbons (Fsp3) is 0.643. The maximum atomic E-state index is 13.0. The lowest BCUT2D eigenvalue weighted by atomic mass is 9.80. The van der Waals surface area contributed by atoms with Crippen LogP contribution in [0.2, 0.25) is 0 Å². The van der Waals surface area contributed by atoms with Gasteiger partial charge in [-0.15, -0.1) is 0 Å². The second kappa shape index (κ2) is 6.37. The van der Waals surface area contributed by atoms with Crippen LogP contribution in [0.25, 0.3) is 0 Å². The molecule has 0 unspecified atom stereocenters. The van der Waals surface area contributed by atoms with Gasteiger partial charge in [-0.1, -0.05) is 20.8 Å². The second-order valence-corrected chi connectivity index (χ2v) is 5.30. The lowest BCUT2D eigenvalue weighted by Gasteiger charge is -2.28. The smallest absolute Gasteiger partial charge is 0.317 e. The van der Waals surface area contributed by atoms with Crippen molar-refractivity contribution in [2.45, 2.75) is 45.2 Å². The van der Waals surface area contributed by atoms with Gasteiger partial charge in [0, 0.05) is 12.4 Å². The molecule has 1 rings (SSSR count). The van der Waals surface area contributed by atoms with E-state index in [4.69, 9.17) is 0 Å². The van der Waals surface area contributed by atoms with E-state index < -0.39 is 17.2 Å². The molecule has 0 saturated heterocycles. The minimum Gasteiger partial charge on any atom is -0.317 e. The van der Waals surface area contributed by atoms with Gasteiger partial charge >= 0.3 is 6.18 Å². The van der Waals surface area contributed by atoms with Crippen molar-refractivity contribution in [3.05, 3.63) is 29.6 Å². The highest BCUT2D eigenvalue weighted by Crippen LogP contribution is 2.38. The van der Waals surface area contributed by atoms with Crippen LogP contribution in [-0.4, -0.2) is 18.1 Å². The van der Waals surface area contributed by atoms with Crippen molar-refractivity contribution in [3.63, 3.8) is 0 Å². The molecular formula is C14H21F3N2. The molecule has 0 fully saturated rings. The van der Waals surface area contributed by atoms with Gasteiger partial charge in [0.2, 0.25) is 0 Å². The fourth-order valence-corrected chi connectivity index (χ4v) is 2.02. The first-order valence-electron chi connectivity index (χ1n) is 6.51. The Bertz CT molecular complexity index is 400. The van der Waals surface area contributed by atoms with Crippen molar-refractivity contribution < 1.29 is 13.2 Å². The number of nitrogens with zero attached hydrogens (tertiary/aromatic N) is 1. The molecule has 108 valence electrons. The van der Waals surface area contributed by atoms with Gasteiger partial charge in [0.05, 0.1) is 5.56 Å². The van der Waals surface area contributed by atoms with Gasteiger partial charge < -0.3 is 5.32 Å². The van der Waals surface area contributed by atoms with Gasteiger partial charge in [0.15, 0.2) is 0 Å². The molecule has 0 aromatic carbocycles. The number of aromatic nitrogens is 1. The van der Waals surface area contributed by atoms with Crippen molar-refractivity contribution in [1.29, 1.82) is 0 Å². The molecule has 0 spiro atoms. The highest BCUT2D eigenvalue weighted by atomic mass is 19.4. The highest BCUT2D eigenvalue weighted by Gasteiger charge is 2.37. The summed E-state index contributed by atoms with van der Waals surface area (Å²) in [6, 6.07) is 1.05. The van der Waals surface area contributed by atoms with Crippen molar-refractivity contribution in [1.82, 2.24) is 10.3 Å². The summed E-state index contributed by atoms with van der Waals surface area (Å²) >= 11 is 0. The van der Waals surface area contributed by atoms with Crippen LogP contribution in [-0.2, 0) is 11.6 Å². The third kappa shape index (κ3) is 4.49. The quantitative estimate of drug-likeness (QED) is 0.799. The van der Waals surface area contributed by atoms with E-state index in [1.165, 1.54) is 12.4 Å². The summed E-state index contributed by atoms with van der Waals surface area (Å²) in [7, 11) is 0. The number of halogens is 3. The van der Waals surface area contributed by atoms with Crippen LogP contribution in [0.3, 0.4) is 0 Å². The van der Waals surface area contributed by atoms with E-state index in [1.807, 2.05) is 13.8 Å². The Labute approximate surface area is 112 Å². The zero-order valence-corrected chi connectivity index (χ0v) is 11.6. The van der Waals surface area contributed by atoms with Crippen LogP contribution in [0.4, 0.5) is 13.2 Å². The first kappa shape index (κ1) is 16.0. The lowest BCUT2D eigenvalue weighted by Crippen LogP contribution is -2.28. The number of alkyl halides is 3. The average molecular weight is 274 g/mol. The highest BCUT2D eigenvalue weighted by molar-refractivity contribution is 5.32. The summed E-state index contributed by atoms with van der Waals surface area (Å²) in [5.41, 5.74) is -0.872. The third-order valence-corrected chi connectivity index (χ3v) is 3.21. The van der Waals surface area contributed by atoms with Crippen molar-refractivity contribution in [3.8, 4) is 0 Å². The van der Waals surface area contributed by atoms with E-state index in [-0.39, 0.29) is 5.56 Å². The zero-order valence-electron chi connectivity index (χ0n) is 11.6. The Morgan fingerprint density at radius 3 is 2.42 bits per heavy atom. The molecule has 1 N–H and O–H groups in total. The molecule has 0 atom stereocenters. The molecule has 5 heteroatoms. The molecule has 0 aliphatic rings. The number of hydrogen-bond acceptors (Lipinski definition) is 2. The standard InChI is InChI=1S/C14H21F3N2/c1-4-7-18-9-6-13(2,3)12-10-19-8-5-11(12)14(15,16)17/h5,8,10,18H,4,6-7,9H2,1-3H3. The van der Waals surface area contributed by atoms with Gasteiger partial charge in [0.1, 0.15) is 0 Å². The van der Waals surface area contributed by atoms with E-state index in [0.717, 1.165) is 19.0 Å². The van der Waals surface area contributed by atoms with Gasteiger partial charge in [-0.2, -0.15) is 13.2 Å². The maximum absolute atomic E-state index is 13.0. The summed E-state index contributed by atoms with van der Waals surface area (Å²) in [6.45, 7) is 7.29. The molecule has 0 amide bonds. The summed E-state index contributed by atoms with van der Waals surface area (Å²) < 4.78 is 38.9. The predicted octanol–water partition coefficient (Wildman–Crippen LogP) is 3.77. The van der Waals surface area contributed by atoms with Crippen LogP contribution in [0.5, 0.6) is 0 Å². The minimum absolute atomic E-state index is 0.265. The SMILES string of the molecule is CCCNCCC(C)(C)c1cnccc1C(F)(F)F. The molecular weight excluding hydrogens is 253 g/mol. The molecule has 0 bridgehead atoms. The maximum Gasteiger partial charge on any atom is 0.416 e. The first-order chi connectivity index (χ1) is 8.79. The van der Waals surface area contributed by atoms with Gasteiger partial charge in [-0.3, -0.25) is 4.98 Å². The Morgan fingerprint density at radius 1 is 1.16 bits per heavy atom. The molecule has 0 radical (unpaired) electrons. The Hall–Kier alpha value is -1.10. The van der Waals surface area contributed by atoms with Crippen LogP contribution in [0.1, 0.15) is 44.7 Å². The number of nitrogens with one attached hydrogen (secondary N) is 1. The summed E-state index contributed by atoms with van der Waals surface area (Å²) in [5.74, 6) is 0. The van der Waals surface area contributed by atoms with E-state index in [9.17, 15) is 13.2 Å². The molecule has 0 aliphatic carbocycles. The van der Waals surface area contributed by atoms with Crippen molar-refractivity contribution in [2.75, 3.05) is 13.1 Å². The van der Waals surface area contributed by atoms with E-state index in [2.05, 4.69) is 17.2 Å². The second-order valence-electron chi connectivity index (χ2n) is 5.30. The normalized spacial score (nSPS) is 12.7. The van der Waals surface area contributed by atoms with Crippen LogP contribution < -0.4 is 5.32 Å². The Morgan fingerprint density at radius 2 is 1.84 bits per heavy atom. The van der Waals surface area contributed by atoms with E-state index >= 15 is 0 Å².